The maximum Gasteiger partial charge on any atom is 0.339 e. The molecule has 1 aromatic carbocycles. The summed E-state index contributed by atoms with van der Waals surface area (Å²) in [4.78, 5) is 11.8. The van der Waals surface area contributed by atoms with Crippen LogP contribution < -0.4 is 0 Å². The van der Waals surface area contributed by atoms with E-state index in [1.807, 2.05) is 13.8 Å². The third kappa shape index (κ3) is 2.83. The second kappa shape index (κ2) is 6.44. The van der Waals surface area contributed by atoms with Crippen LogP contribution in [0.15, 0.2) is 24.3 Å². The quantitative estimate of drug-likeness (QED) is 0.688. The molecule has 4 nitrogen and oxygen atoms in total. The Morgan fingerprint density at radius 1 is 1.39 bits per heavy atom. The van der Waals surface area contributed by atoms with Crippen molar-refractivity contribution in [2.75, 3.05) is 7.11 Å². The SMILES string of the molecule is COC(=O)c1ccccc1C#CC(O)(C(C)C)C1(C#N)CCC1. The van der Waals surface area contributed by atoms with Crippen molar-refractivity contribution < 1.29 is 14.6 Å². The zero-order chi connectivity index (χ0) is 17.1. The topological polar surface area (TPSA) is 70.3 Å². The van der Waals surface area contributed by atoms with Crippen molar-refractivity contribution >= 4 is 5.97 Å². The fraction of sp³-hybridized carbons (Fsp3) is 0.474. The van der Waals surface area contributed by atoms with Gasteiger partial charge < -0.3 is 9.84 Å². The number of nitrogens with zero attached hydrogens (tertiary/aromatic N) is 1. The van der Waals surface area contributed by atoms with Gasteiger partial charge in [-0.05, 0) is 37.3 Å². The lowest BCUT2D eigenvalue weighted by Gasteiger charge is -2.47. The molecule has 120 valence electrons. The van der Waals surface area contributed by atoms with Crippen LogP contribution in [-0.4, -0.2) is 23.8 Å². The fourth-order valence-corrected chi connectivity index (χ4v) is 2.97. The van der Waals surface area contributed by atoms with E-state index in [0.717, 1.165) is 6.42 Å². The maximum absolute atomic E-state index is 11.8. The van der Waals surface area contributed by atoms with Crippen LogP contribution in [-0.2, 0) is 4.74 Å². The van der Waals surface area contributed by atoms with Gasteiger partial charge in [-0.3, -0.25) is 0 Å². The standard InChI is InChI=1S/C19H21NO3/c1-14(2)19(22,18(13-20)10-6-11-18)12-9-15-7-4-5-8-16(15)17(21)23-3/h4-5,7-8,14,22H,6,10-11H2,1-3H3. The Balaban J connectivity index is 2.47. The smallest absolute Gasteiger partial charge is 0.339 e. The predicted molar refractivity (Wildman–Crippen MR) is 86.3 cm³/mol. The lowest BCUT2D eigenvalue weighted by molar-refractivity contribution is -0.0796. The molecular formula is C19H21NO3. The molecule has 1 aliphatic rings. The molecule has 0 aromatic heterocycles. The van der Waals surface area contributed by atoms with Gasteiger partial charge in [0.25, 0.3) is 0 Å². The summed E-state index contributed by atoms with van der Waals surface area (Å²) in [5.74, 6) is 5.14. The van der Waals surface area contributed by atoms with Gasteiger partial charge in [0.1, 0.15) is 5.60 Å². The molecule has 0 aliphatic heterocycles. The van der Waals surface area contributed by atoms with Crippen LogP contribution in [0.25, 0.3) is 0 Å². The average Bonchev–Trinajstić information content (AvgIpc) is 2.51. The first kappa shape index (κ1) is 17.1. The number of hydrogen-bond acceptors (Lipinski definition) is 4. The summed E-state index contributed by atoms with van der Waals surface area (Å²) in [5.41, 5.74) is -1.38. The minimum Gasteiger partial charge on any atom is -0.465 e. The Kier molecular flexibility index (Phi) is 4.78. The van der Waals surface area contributed by atoms with E-state index in [1.54, 1.807) is 24.3 Å². The van der Waals surface area contributed by atoms with Crippen LogP contribution in [0.2, 0.25) is 0 Å². The first-order valence-electron chi connectivity index (χ1n) is 7.74. The highest BCUT2D eigenvalue weighted by Crippen LogP contribution is 2.51. The highest BCUT2D eigenvalue weighted by molar-refractivity contribution is 5.92. The summed E-state index contributed by atoms with van der Waals surface area (Å²) in [6.45, 7) is 3.72. The first-order chi connectivity index (χ1) is 10.9. The van der Waals surface area contributed by atoms with Gasteiger partial charge in [-0.15, -0.1) is 0 Å². The lowest BCUT2D eigenvalue weighted by atomic mass is 9.56. The summed E-state index contributed by atoms with van der Waals surface area (Å²) < 4.78 is 4.76. The summed E-state index contributed by atoms with van der Waals surface area (Å²) in [6.07, 6.45) is 2.21. The number of ether oxygens (including phenoxy) is 1. The van der Waals surface area contributed by atoms with Gasteiger partial charge in [0.05, 0.1) is 24.2 Å². The number of carbonyl (C=O) groups excluding carboxylic acids is 1. The molecule has 0 spiro atoms. The van der Waals surface area contributed by atoms with Crippen LogP contribution in [0.4, 0.5) is 0 Å². The van der Waals surface area contributed by atoms with Crippen molar-refractivity contribution in [3.05, 3.63) is 35.4 Å². The van der Waals surface area contributed by atoms with Gasteiger partial charge in [-0.2, -0.15) is 5.26 Å². The number of nitriles is 1. The number of rotatable bonds is 3. The number of hydrogen-bond donors (Lipinski definition) is 1. The van der Waals surface area contributed by atoms with E-state index >= 15 is 0 Å². The molecule has 1 aromatic rings. The summed E-state index contributed by atoms with van der Waals surface area (Å²) in [7, 11) is 1.32. The highest BCUT2D eigenvalue weighted by atomic mass is 16.5. The number of methoxy groups -OCH3 is 1. The molecule has 1 atom stereocenters. The minimum absolute atomic E-state index is 0.194. The largest absolute Gasteiger partial charge is 0.465 e. The zero-order valence-electron chi connectivity index (χ0n) is 13.7. The van der Waals surface area contributed by atoms with Crippen molar-refractivity contribution in [2.45, 2.75) is 38.7 Å². The molecule has 0 amide bonds. The Morgan fingerprint density at radius 3 is 2.52 bits per heavy atom. The van der Waals surface area contributed by atoms with Crippen molar-refractivity contribution in [2.24, 2.45) is 11.3 Å². The van der Waals surface area contributed by atoms with E-state index in [1.165, 1.54) is 7.11 Å². The Labute approximate surface area is 137 Å². The molecule has 1 fully saturated rings. The third-order valence-corrected chi connectivity index (χ3v) is 4.71. The molecule has 1 N–H and O–H groups in total. The molecule has 0 saturated heterocycles. The van der Waals surface area contributed by atoms with Gasteiger partial charge in [-0.25, -0.2) is 4.79 Å². The molecular weight excluding hydrogens is 290 g/mol. The average molecular weight is 311 g/mol. The summed E-state index contributed by atoms with van der Waals surface area (Å²) in [5, 5.41) is 20.6. The first-order valence-corrected chi connectivity index (χ1v) is 7.74. The van der Waals surface area contributed by atoms with E-state index in [2.05, 4.69) is 17.9 Å². The van der Waals surface area contributed by atoms with E-state index in [4.69, 9.17) is 4.74 Å². The summed E-state index contributed by atoms with van der Waals surface area (Å²) >= 11 is 0. The highest BCUT2D eigenvalue weighted by Gasteiger charge is 2.55. The monoisotopic (exact) mass is 311 g/mol. The molecule has 0 heterocycles. The zero-order valence-corrected chi connectivity index (χ0v) is 13.7. The second-order valence-corrected chi connectivity index (χ2v) is 6.26. The van der Waals surface area contributed by atoms with Crippen molar-refractivity contribution in [1.82, 2.24) is 0 Å². The number of aliphatic hydroxyl groups is 1. The van der Waals surface area contributed by atoms with Gasteiger partial charge >= 0.3 is 5.97 Å². The predicted octanol–water partition coefficient (Wildman–Crippen LogP) is 2.91. The van der Waals surface area contributed by atoms with E-state index in [0.29, 0.717) is 24.0 Å². The lowest BCUT2D eigenvalue weighted by Crippen LogP contribution is -2.54. The van der Waals surface area contributed by atoms with Gasteiger partial charge in [-0.1, -0.05) is 37.8 Å². The molecule has 0 radical (unpaired) electrons. The van der Waals surface area contributed by atoms with Crippen LogP contribution in [0.3, 0.4) is 0 Å². The van der Waals surface area contributed by atoms with Crippen molar-refractivity contribution in [3.63, 3.8) is 0 Å². The van der Waals surface area contributed by atoms with Gasteiger partial charge in [0, 0.05) is 5.56 Å². The van der Waals surface area contributed by atoms with Gasteiger partial charge in [0.2, 0.25) is 0 Å². The maximum atomic E-state index is 11.8. The fourth-order valence-electron chi connectivity index (χ4n) is 2.97. The Bertz CT molecular complexity index is 701. The van der Waals surface area contributed by atoms with Gasteiger partial charge in [0.15, 0.2) is 0 Å². The van der Waals surface area contributed by atoms with E-state index < -0.39 is 17.0 Å². The second-order valence-electron chi connectivity index (χ2n) is 6.26. The molecule has 2 rings (SSSR count). The molecule has 23 heavy (non-hydrogen) atoms. The van der Waals surface area contributed by atoms with E-state index in [9.17, 15) is 15.2 Å². The molecule has 1 unspecified atom stereocenters. The molecule has 0 bridgehead atoms. The number of carbonyl (C=O) groups is 1. The Hall–Kier alpha value is -2.30. The Morgan fingerprint density at radius 2 is 2.04 bits per heavy atom. The number of benzene rings is 1. The summed E-state index contributed by atoms with van der Waals surface area (Å²) in [6, 6.07) is 9.12. The van der Waals surface area contributed by atoms with Crippen LogP contribution in [0, 0.1) is 34.5 Å². The molecule has 1 aliphatic carbocycles. The normalized spacial score (nSPS) is 17.9. The van der Waals surface area contributed by atoms with Crippen LogP contribution in [0.5, 0.6) is 0 Å². The van der Waals surface area contributed by atoms with Crippen LogP contribution in [0.1, 0.15) is 49.0 Å². The minimum atomic E-state index is -1.40. The van der Waals surface area contributed by atoms with Crippen molar-refractivity contribution in [1.29, 1.82) is 5.26 Å². The number of esters is 1. The molecule has 4 heteroatoms. The van der Waals surface area contributed by atoms with Crippen LogP contribution >= 0.6 is 0 Å². The molecule has 1 saturated carbocycles. The van der Waals surface area contributed by atoms with E-state index in [-0.39, 0.29) is 5.92 Å². The van der Waals surface area contributed by atoms with Crippen molar-refractivity contribution in [3.8, 4) is 17.9 Å². The third-order valence-electron chi connectivity index (χ3n) is 4.71.